The van der Waals surface area contributed by atoms with Gasteiger partial charge in [-0.3, -0.25) is 4.79 Å². The molecule has 8 heteroatoms. The largest absolute Gasteiger partial charge is 0.481 e. The molecule has 0 radical (unpaired) electrons. The van der Waals surface area contributed by atoms with Gasteiger partial charge in [-0.25, -0.2) is 4.79 Å². The topological polar surface area (TPSA) is 156 Å². The number of carboxylic acid groups (broad SMARTS) is 2. The highest BCUT2D eigenvalue weighted by Gasteiger charge is 2.35. The van der Waals surface area contributed by atoms with Crippen molar-refractivity contribution in [2.45, 2.75) is 58.2 Å². The molecule has 2 unspecified atom stereocenters. The highest BCUT2D eigenvalue weighted by Crippen LogP contribution is 2.33. The molecule has 0 saturated heterocycles. The zero-order valence-electron chi connectivity index (χ0n) is 13.1. The standard InChI is InChI=1S/C10H20O4.C4H8O4/c1-2-10(9(13)14,5-3-7-11)6-4-8-12;1-2(5)3(6)4(7)8/h11-12H,2-8H2,1H3,(H,13,14);2-3,5-6H,1H3,(H,7,8). The van der Waals surface area contributed by atoms with Crippen molar-refractivity contribution >= 4 is 11.9 Å². The first-order valence-corrected chi connectivity index (χ1v) is 7.22. The summed E-state index contributed by atoms with van der Waals surface area (Å²) in [4.78, 5) is 20.8. The van der Waals surface area contributed by atoms with E-state index in [2.05, 4.69) is 0 Å². The van der Waals surface area contributed by atoms with Crippen LogP contribution in [-0.4, -0.2) is 68.0 Å². The minimum absolute atomic E-state index is 0.0220. The number of aliphatic hydroxyl groups excluding tert-OH is 4. The van der Waals surface area contributed by atoms with Crippen molar-refractivity contribution in [3.8, 4) is 0 Å². The van der Waals surface area contributed by atoms with Crippen molar-refractivity contribution in [2.24, 2.45) is 5.41 Å². The van der Waals surface area contributed by atoms with E-state index in [0.717, 1.165) is 0 Å². The second kappa shape index (κ2) is 12.3. The lowest BCUT2D eigenvalue weighted by atomic mass is 9.77. The van der Waals surface area contributed by atoms with E-state index in [1.54, 1.807) is 0 Å². The van der Waals surface area contributed by atoms with E-state index in [-0.39, 0.29) is 13.2 Å². The second-order valence-electron chi connectivity index (χ2n) is 5.12. The van der Waals surface area contributed by atoms with E-state index >= 15 is 0 Å². The quantitative estimate of drug-likeness (QED) is 0.323. The van der Waals surface area contributed by atoms with Crippen LogP contribution in [0.1, 0.15) is 46.0 Å². The lowest BCUT2D eigenvalue weighted by molar-refractivity contribution is -0.152. The number of aliphatic hydroxyl groups is 4. The molecule has 0 aromatic rings. The van der Waals surface area contributed by atoms with Crippen molar-refractivity contribution in [1.29, 1.82) is 0 Å². The molecule has 0 aromatic carbocycles. The SMILES string of the molecule is CC(O)C(O)C(=O)O.CCC(CCCO)(CCCO)C(=O)O. The van der Waals surface area contributed by atoms with Crippen LogP contribution in [0.3, 0.4) is 0 Å². The van der Waals surface area contributed by atoms with Gasteiger partial charge in [0, 0.05) is 13.2 Å². The predicted octanol–water partition coefficient (Wildman–Crippen LogP) is -0.175. The maximum absolute atomic E-state index is 11.1. The molecule has 8 nitrogen and oxygen atoms in total. The van der Waals surface area contributed by atoms with Crippen molar-refractivity contribution < 1.29 is 40.2 Å². The molecule has 0 aromatic heterocycles. The average Bonchev–Trinajstić information content (AvgIpc) is 2.47. The molecule has 0 heterocycles. The summed E-state index contributed by atoms with van der Waals surface area (Å²) in [6.45, 7) is 3.09. The number of carbonyl (C=O) groups is 2. The summed E-state index contributed by atoms with van der Waals surface area (Å²) in [5.74, 6) is -2.22. The Kier molecular flexibility index (Phi) is 12.9. The predicted molar refractivity (Wildman–Crippen MR) is 78.3 cm³/mol. The van der Waals surface area contributed by atoms with Crippen molar-refractivity contribution in [3.05, 3.63) is 0 Å². The molecular formula is C14H28O8. The highest BCUT2D eigenvalue weighted by molar-refractivity contribution is 5.74. The second-order valence-corrected chi connectivity index (χ2v) is 5.12. The van der Waals surface area contributed by atoms with Gasteiger partial charge in [-0.2, -0.15) is 0 Å². The first-order valence-electron chi connectivity index (χ1n) is 7.22. The summed E-state index contributed by atoms with van der Waals surface area (Å²) in [5.41, 5.74) is -0.758. The fraction of sp³-hybridized carbons (Fsp3) is 0.857. The molecule has 0 bridgehead atoms. The van der Waals surface area contributed by atoms with Gasteiger partial charge in [0.05, 0.1) is 11.5 Å². The van der Waals surface area contributed by atoms with Crippen LogP contribution in [0, 0.1) is 5.41 Å². The first kappa shape index (κ1) is 23.1. The summed E-state index contributed by atoms with van der Waals surface area (Å²) in [5, 5.41) is 51.2. The fourth-order valence-electron chi connectivity index (χ4n) is 1.88. The molecule has 6 N–H and O–H groups in total. The van der Waals surface area contributed by atoms with Crippen LogP contribution in [0.25, 0.3) is 0 Å². The van der Waals surface area contributed by atoms with E-state index in [9.17, 15) is 9.59 Å². The van der Waals surface area contributed by atoms with Crippen LogP contribution in [0.2, 0.25) is 0 Å². The minimum atomic E-state index is -1.66. The Hall–Kier alpha value is -1.22. The molecule has 0 aliphatic rings. The van der Waals surface area contributed by atoms with E-state index in [4.69, 9.17) is 30.6 Å². The fourth-order valence-corrected chi connectivity index (χ4v) is 1.88. The lowest BCUT2D eigenvalue weighted by Crippen LogP contribution is -2.31. The maximum atomic E-state index is 11.1. The summed E-state index contributed by atoms with van der Waals surface area (Å²) >= 11 is 0. The third kappa shape index (κ3) is 8.93. The highest BCUT2D eigenvalue weighted by atomic mass is 16.4. The third-order valence-corrected chi connectivity index (χ3v) is 3.47. The van der Waals surface area contributed by atoms with Gasteiger partial charge in [0.1, 0.15) is 0 Å². The Morgan fingerprint density at radius 2 is 1.41 bits per heavy atom. The first-order chi connectivity index (χ1) is 10.2. The van der Waals surface area contributed by atoms with Gasteiger partial charge in [0.15, 0.2) is 6.10 Å². The lowest BCUT2D eigenvalue weighted by Gasteiger charge is -2.27. The van der Waals surface area contributed by atoms with Gasteiger partial charge in [-0.05, 0) is 39.0 Å². The van der Waals surface area contributed by atoms with Crippen LogP contribution in [0.15, 0.2) is 0 Å². The molecule has 0 fully saturated rings. The van der Waals surface area contributed by atoms with E-state index in [1.165, 1.54) is 6.92 Å². The summed E-state index contributed by atoms with van der Waals surface area (Å²) in [7, 11) is 0. The molecule has 0 spiro atoms. The molecule has 0 aliphatic heterocycles. The van der Waals surface area contributed by atoms with Crippen LogP contribution < -0.4 is 0 Å². The minimum Gasteiger partial charge on any atom is -0.481 e. The molecule has 0 saturated carbocycles. The number of hydrogen-bond acceptors (Lipinski definition) is 6. The molecule has 2 atom stereocenters. The van der Waals surface area contributed by atoms with Crippen LogP contribution in [0.5, 0.6) is 0 Å². The van der Waals surface area contributed by atoms with Gasteiger partial charge in [-0.1, -0.05) is 6.92 Å². The Morgan fingerprint density at radius 3 is 1.55 bits per heavy atom. The van der Waals surface area contributed by atoms with Crippen molar-refractivity contribution in [2.75, 3.05) is 13.2 Å². The molecule has 0 rings (SSSR count). The van der Waals surface area contributed by atoms with E-state index in [1.807, 2.05) is 6.92 Å². The van der Waals surface area contributed by atoms with Crippen LogP contribution >= 0.6 is 0 Å². The summed E-state index contributed by atoms with van der Waals surface area (Å²) < 4.78 is 0. The van der Waals surface area contributed by atoms with Gasteiger partial charge < -0.3 is 30.6 Å². The number of aliphatic carboxylic acids is 2. The van der Waals surface area contributed by atoms with Gasteiger partial charge in [0.25, 0.3) is 0 Å². The van der Waals surface area contributed by atoms with Crippen molar-refractivity contribution in [1.82, 2.24) is 0 Å². The average molecular weight is 324 g/mol. The van der Waals surface area contributed by atoms with Crippen LogP contribution in [0.4, 0.5) is 0 Å². The third-order valence-electron chi connectivity index (χ3n) is 3.47. The van der Waals surface area contributed by atoms with E-state index in [0.29, 0.717) is 32.1 Å². The van der Waals surface area contributed by atoms with E-state index < -0.39 is 29.6 Å². The molecule has 0 amide bonds. The number of rotatable bonds is 10. The Morgan fingerprint density at radius 1 is 1.00 bits per heavy atom. The number of hydrogen-bond donors (Lipinski definition) is 6. The molecule has 22 heavy (non-hydrogen) atoms. The maximum Gasteiger partial charge on any atom is 0.335 e. The normalized spacial score (nSPS) is 13.7. The van der Waals surface area contributed by atoms with Gasteiger partial charge >= 0.3 is 11.9 Å². The monoisotopic (exact) mass is 324 g/mol. The summed E-state index contributed by atoms with van der Waals surface area (Å²) in [6, 6.07) is 0. The van der Waals surface area contributed by atoms with Gasteiger partial charge in [-0.15, -0.1) is 0 Å². The molecule has 0 aliphatic carbocycles. The molecular weight excluding hydrogens is 296 g/mol. The smallest absolute Gasteiger partial charge is 0.335 e. The summed E-state index contributed by atoms with van der Waals surface area (Å²) in [6.07, 6.45) is -0.341. The van der Waals surface area contributed by atoms with Crippen LogP contribution in [-0.2, 0) is 9.59 Å². The van der Waals surface area contributed by atoms with Crippen molar-refractivity contribution in [3.63, 3.8) is 0 Å². The Balaban J connectivity index is 0. The van der Waals surface area contributed by atoms with Gasteiger partial charge in [0.2, 0.25) is 0 Å². The number of carboxylic acids is 2. The molecule has 132 valence electrons. The Bertz CT molecular complexity index is 308. The Labute approximate surface area is 130 Å². The zero-order valence-corrected chi connectivity index (χ0v) is 13.1. The zero-order chi connectivity index (χ0) is 17.8.